The van der Waals surface area contributed by atoms with Gasteiger partial charge in [-0.3, -0.25) is 0 Å². The fourth-order valence-corrected chi connectivity index (χ4v) is 4.47. The van der Waals surface area contributed by atoms with Gasteiger partial charge in [0.25, 0.3) is 0 Å². The lowest BCUT2D eigenvalue weighted by Gasteiger charge is -2.22. The second kappa shape index (κ2) is 27.9. The third kappa shape index (κ3) is 26.0. The zero-order valence-corrected chi connectivity index (χ0v) is 21.4. The van der Waals surface area contributed by atoms with Gasteiger partial charge in [-0.15, -0.1) is 0 Å². The molecule has 2 N–H and O–H groups in total. The minimum absolute atomic E-state index is 0.362. The molecule has 0 heterocycles. The smallest absolute Gasteiger partial charge is 0.0431 e. The molecule has 0 spiro atoms. The highest BCUT2D eigenvalue weighted by molar-refractivity contribution is 4.60. The molecule has 188 valence electrons. The summed E-state index contributed by atoms with van der Waals surface area (Å²) in [6.07, 6.45) is 29.1. The summed E-state index contributed by atoms with van der Waals surface area (Å²) in [4.78, 5) is 2.76. The minimum atomic E-state index is 0.362. The highest BCUT2D eigenvalue weighted by atomic mass is 16.3. The Bertz CT molecular complexity index is 287. The van der Waals surface area contributed by atoms with Gasteiger partial charge in [0.1, 0.15) is 0 Å². The normalized spacial score (nSPS) is 11.6. The monoisotopic (exact) mass is 441 g/mol. The number of rotatable bonds is 27. The van der Waals surface area contributed by atoms with E-state index in [9.17, 15) is 0 Å². The lowest BCUT2D eigenvalue weighted by atomic mass is 10.1. The predicted octanol–water partition coefficient (Wildman–Crippen LogP) is 7.88. The van der Waals surface area contributed by atoms with Crippen LogP contribution >= 0.6 is 0 Å². The first-order valence-electron chi connectivity index (χ1n) is 14.3. The van der Waals surface area contributed by atoms with Gasteiger partial charge in [-0.2, -0.15) is 0 Å². The SMILES string of the molecule is CCCCCCN(CCCCCCCCCCCO)CCCCCCCCCCCO. The van der Waals surface area contributed by atoms with Crippen molar-refractivity contribution < 1.29 is 10.2 Å². The van der Waals surface area contributed by atoms with Crippen molar-refractivity contribution in [1.29, 1.82) is 0 Å². The average molecular weight is 442 g/mol. The summed E-state index contributed by atoms with van der Waals surface area (Å²) in [6.45, 7) is 6.97. The number of unbranched alkanes of at least 4 members (excludes halogenated alkanes) is 19. The highest BCUT2D eigenvalue weighted by Gasteiger charge is 2.05. The van der Waals surface area contributed by atoms with Crippen LogP contribution in [0.25, 0.3) is 0 Å². The first kappa shape index (κ1) is 30.9. The minimum Gasteiger partial charge on any atom is -0.396 e. The molecular weight excluding hydrogens is 382 g/mol. The van der Waals surface area contributed by atoms with Crippen molar-refractivity contribution in [2.75, 3.05) is 32.8 Å². The molecule has 0 unspecified atom stereocenters. The fraction of sp³-hybridized carbons (Fsp3) is 1.00. The number of aliphatic hydroxyl groups excluding tert-OH is 2. The summed E-state index contributed by atoms with van der Waals surface area (Å²) in [6, 6.07) is 0. The molecule has 0 aromatic heterocycles. The van der Waals surface area contributed by atoms with Crippen molar-refractivity contribution in [2.45, 2.75) is 148 Å². The van der Waals surface area contributed by atoms with Gasteiger partial charge in [0.15, 0.2) is 0 Å². The molecule has 0 aliphatic carbocycles. The molecule has 3 heteroatoms. The van der Waals surface area contributed by atoms with Crippen LogP contribution in [0.15, 0.2) is 0 Å². The Hall–Kier alpha value is -0.120. The van der Waals surface area contributed by atoms with E-state index in [1.807, 2.05) is 0 Å². The lowest BCUT2D eigenvalue weighted by Crippen LogP contribution is -2.27. The van der Waals surface area contributed by atoms with E-state index in [0.29, 0.717) is 13.2 Å². The second-order valence-corrected chi connectivity index (χ2v) is 9.71. The van der Waals surface area contributed by atoms with Crippen LogP contribution in [0.5, 0.6) is 0 Å². The Balaban J connectivity index is 3.68. The molecule has 0 aromatic carbocycles. The molecule has 0 radical (unpaired) electrons. The average Bonchev–Trinajstić information content (AvgIpc) is 2.78. The number of hydrogen-bond donors (Lipinski definition) is 2. The van der Waals surface area contributed by atoms with Crippen molar-refractivity contribution in [1.82, 2.24) is 4.90 Å². The van der Waals surface area contributed by atoms with Crippen molar-refractivity contribution in [2.24, 2.45) is 0 Å². The van der Waals surface area contributed by atoms with E-state index in [-0.39, 0.29) is 0 Å². The van der Waals surface area contributed by atoms with Crippen LogP contribution in [0, 0.1) is 0 Å². The van der Waals surface area contributed by atoms with E-state index in [1.165, 1.54) is 148 Å². The summed E-state index contributed by atoms with van der Waals surface area (Å²) in [5.41, 5.74) is 0. The topological polar surface area (TPSA) is 43.7 Å². The number of aliphatic hydroxyl groups is 2. The van der Waals surface area contributed by atoms with Crippen LogP contribution < -0.4 is 0 Å². The summed E-state index contributed by atoms with van der Waals surface area (Å²) < 4.78 is 0. The Morgan fingerprint density at radius 3 is 0.903 bits per heavy atom. The molecule has 0 atom stereocenters. The van der Waals surface area contributed by atoms with E-state index in [2.05, 4.69) is 11.8 Å². The van der Waals surface area contributed by atoms with Gasteiger partial charge in [0, 0.05) is 13.2 Å². The van der Waals surface area contributed by atoms with E-state index in [1.54, 1.807) is 0 Å². The summed E-state index contributed by atoms with van der Waals surface area (Å²) in [7, 11) is 0. The van der Waals surface area contributed by atoms with Gasteiger partial charge >= 0.3 is 0 Å². The van der Waals surface area contributed by atoms with Crippen LogP contribution in [0.4, 0.5) is 0 Å². The van der Waals surface area contributed by atoms with Gasteiger partial charge in [-0.05, 0) is 51.7 Å². The quantitative estimate of drug-likeness (QED) is 0.127. The first-order valence-corrected chi connectivity index (χ1v) is 14.3. The molecule has 0 rings (SSSR count). The Morgan fingerprint density at radius 2 is 0.613 bits per heavy atom. The molecule has 0 fully saturated rings. The van der Waals surface area contributed by atoms with Crippen molar-refractivity contribution in [3.8, 4) is 0 Å². The van der Waals surface area contributed by atoms with Crippen LogP contribution in [0.3, 0.4) is 0 Å². The predicted molar refractivity (Wildman–Crippen MR) is 138 cm³/mol. The molecule has 0 aliphatic heterocycles. The summed E-state index contributed by atoms with van der Waals surface area (Å²) in [5, 5.41) is 17.6. The third-order valence-electron chi connectivity index (χ3n) is 6.59. The molecule has 0 saturated carbocycles. The van der Waals surface area contributed by atoms with Crippen LogP contribution in [0.1, 0.15) is 148 Å². The molecule has 3 nitrogen and oxygen atoms in total. The molecule has 0 aromatic rings. The van der Waals surface area contributed by atoms with Gasteiger partial charge < -0.3 is 15.1 Å². The fourth-order valence-electron chi connectivity index (χ4n) is 4.47. The Kier molecular flexibility index (Phi) is 27.8. The van der Waals surface area contributed by atoms with Gasteiger partial charge in [-0.1, -0.05) is 116 Å². The first-order chi connectivity index (χ1) is 15.3. The van der Waals surface area contributed by atoms with Crippen molar-refractivity contribution in [3.63, 3.8) is 0 Å². The van der Waals surface area contributed by atoms with E-state index < -0.39 is 0 Å². The summed E-state index contributed by atoms with van der Waals surface area (Å²) in [5.74, 6) is 0. The molecule has 31 heavy (non-hydrogen) atoms. The maximum Gasteiger partial charge on any atom is 0.0431 e. The lowest BCUT2D eigenvalue weighted by molar-refractivity contribution is 0.254. The largest absolute Gasteiger partial charge is 0.396 e. The van der Waals surface area contributed by atoms with Crippen LogP contribution in [-0.2, 0) is 0 Å². The number of nitrogens with zero attached hydrogens (tertiary/aromatic N) is 1. The van der Waals surface area contributed by atoms with Gasteiger partial charge in [-0.25, -0.2) is 0 Å². The van der Waals surface area contributed by atoms with Crippen LogP contribution in [-0.4, -0.2) is 48.0 Å². The molecule has 0 aliphatic rings. The number of hydrogen-bond acceptors (Lipinski definition) is 3. The molecule has 0 amide bonds. The van der Waals surface area contributed by atoms with E-state index in [0.717, 1.165) is 12.8 Å². The second-order valence-electron chi connectivity index (χ2n) is 9.71. The zero-order chi connectivity index (χ0) is 22.7. The maximum absolute atomic E-state index is 8.82. The Labute approximate surface area is 196 Å². The van der Waals surface area contributed by atoms with Crippen molar-refractivity contribution in [3.05, 3.63) is 0 Å². The van der Waals surface area contributed by atoms with E-state index in [4.69, 9.17) is 10.2 Å². The maximum atomic E-state index is 8.82. The Morgan fingerprint density at radius 1 is 0.355 bits per heavy atom. The zero-order valence-electron chi connectivity index (χ0n) is 21.4. The van der Waals surface area contributed by atoms with Crippen LogP contribution in [0.2, 0.25) is 0 Å². The third-order valence-corrected chi connectivity index (χ3v) is 6.59. The standard InChI is InChI=1S/C28H59NO2/c1-2-3-4-19-24-29(25-20-15-11-7-5-9-13-17-22-27-30)26-21-16-12-8-6-10-14-18-23-28-31/h30-31H,2-28H2,1H3. The summed E-state index contributed by atoms with van der Waals surface area (Å²) >= 11 is 0. The van der Waals surface area contributed by atoms with Crippen molar-refractivity contribution >= 4 is 0 Å². The van der Waals surface area contributed by atoms with Gasteiger partial charge in [0.2, 0.25) is 0 Å². The highest BCUT2D eigenvalue weighted by Crippen LogP contribution is 2.13. The molecule has 0 bridgehead atoms. The van der Waals surface area contributed by atoms with Gasteiger partial charge in [0.05, 0.1) is 0 Å². The molecule has 0 saturated heterocycles. The molecular formula is C28H59NO2. The van der Waals surface area contributed by atoms with E-state index >= 15 is 0 Å².